The number of carbonyl (C=O) groups is 2. The Labute approximate surface area is 208 Å². The van der Waals surface area contributed by atoms with Gasteiger partial charge in [-0.2, -0.15) is 0 Å². The number of non-ortho nitro benzene ring substituents is 1. The topological polar surface area (TPSA) is 110 Å². The summed E-state index contributed by atoms with van der Waals surface area (Å²) in [5.41, 5.74) is 1.97. The molecule has 184 valence electrons. The van der Waals surface area contributed by atoms with E-state index in [4.69, 9.17) is 4.74 Å². The number of anilines is 1. The van der Waals surface area contributed by atoms with Crippen molar-refractivity contribution >= 4 is 28.8 Å². The molecular formula is C28H26N2O6. The Bertz CT molecular complexity index is 1370. The summed E-state index contributed by atoms with van der Waals surface area (Å²) in [6.07, 6.45) is 0. The van der Waals surface area contributed by atoms with E-state index in [1.165, 1.54) is 36.3 Å². The molecule has 1 N–H and O–H groups in total. The van der Waals surface area contributed by atoms with Gasteiger partial charge in [-0.1, -0.05) is 51.1 Å². The standard InChI is InChI=1S/C28H26N2O6/c1-28(2,3)19-12-8-17(9-13-19)24-23(25(31)18-10-14-20(15-11-18)30(34)35)26(32)27(33)29(24)21-6-5-7-22(16-21)36-4/h5-16,24,31H,1-4H3/b25-23+. The largest absolute Gasteiger partial charge is 0.507 e. The van der Waals surface area contributed by atoms with Crippen molar-refractivity contribution in [2.45, 2.75) is 32.2 Å². The van der Waals surface area contributed by atoms with Crippen LogP contribution >= 0.6 is 0 Å². The van der Waals surface area contributed by atoms with Gasteiger partial charge >= 0.3 is 0 Å². The predicted molar refractivity (Wildman–Crippen MR) is 136 cm³/mol. The van der Waals surface area contributed by atoms with Crippen LogP contribution in [0.15, 0.2) is 78.4 Å². The van der Waals surface area contributed by atoms with Gasteiger partial charge in [0.25, 0.3) is 17.4 Å². The number of Topliss-reactive ketones (excluding diaryl/α,β-unsaturated/α-hetero) is 1. The number of nitro groups is 1. The first-order chi connectivity index (χ1) is 17.0. The fraction of sp³-hybridized carbons (Fsp3) is 0.214. The first-order valence-corrected chi connectivity index (χ1v) is 11.3. The van der Waals surface area contributed by atoms with Gasteiger partial charge in [0.05, 0.1) is 23.6 Å². The molecule has 0 aromatic heterocycles. The molecule has 0 saturated carbocycles. The van der Waals surface area contributed by atoms with Crippen molar-refractivity contribution in [3.05, 3.63) is 105 Å². The Balaban J connectivity index is 1.91. The number of ether oxygens (including phenoxy) is 1. The third-order valence-corrected chi connectivity index (χ3v) is 6.22. The molecule has 0 spiro atoms. The second-order valence-electron chi connectivity index (χ2n) is 9.55. The highest BCUT2D eigenvalue weighted by atomic mass is 16.6. The third-order valence-electron chi connectivity index (χ3n) is 6.22. The van der Waals surface area contributed by atoms with Crippen LogP contribution in [0.2, 0.25) is 0 Å². The Morgan fingerprint density at radius 2 is 1.64 bits per heavy atom. The van der Waals surface area contributed by atoms with Crippen LogP contribution in [-0.4, -0.2) is 28.8 Å². The van der Waals surface area contributed by atoms with Crippen LogP contribution in [0.25, 0.3) is 5.76 Å². The van der Waals surface area contributed by atoms with E-state index >= 15 is 0 Å². The molecule has 8 heteroatoms. The zero-order valence-corrected chi connectivity index (χ0v) is 20.4. The highest BCUT2D eigenvalue weighted by Crippen LogP contribution is 2.43. The number of rotatable bonds is 5. The van der Waals surface area contributed by atoms with Gasteiger partial charge in [0.1, 0.15) is 11.5 Å². The van der Waals surface area contributed by atoms with Crippen LogP contribution in [0.3, 0.4) is 0 Å². The van der Waals surface area contributed by atoms with Gasteiger partial charge in [-0.3, -0.25) is 24.6 Å². The molecule has 36 heavy (non-hydrogen) atoms. The summed E-state index contributed by atoms with van der Waals surface area (Å²) in [6.45, 7) is 6.25. The maximum Gasteiger partial charge on any atom is 0.300 e. The quantitative estimate of drug-likeness (QED) is 0.167. The van der Waals surface area contributed by atoms with Gasteiger partial charge in [0.2, 0.25) is 0 Å². The van der Waals surface area contributed by atoms with Crippen LogP contribution in [0.4, 0.5) is 11.4 Å². The maximum absolute atomic E-state index is 13.3. The molecule has 4 rings (SSSR count). The lowest BCUT2D eigenvalue weighted by Crippen LogP contribution is -2.29. The SMILES string of the molecule is COc1cccc(N2C(=O)C(=O)/C(=C(/O)c3ccc([N+](=O)[O-])cc3)C2c2ccc(C(C)(C)C)cc2)c1. The first-order valence-electron chi connectivity index (χ1n) is 11.3. The molecule has 3 aromatic carbocycles. The average Bonchev–Trinajstić information content (AvgIpc) is 3.13. The molecule has 1 aliphatic rings. The van der Waals surface area contributed by atoms with Gasteiger partial charge in [-0.15, -0.1) is 0 Å². The summed E-state index contributed by atoms with van der Waals surface area (Å²) >= 11 is 0. The number of nitro benzene ring substituents is 1. The minimum atomic E-state index is -0.915. The Morgan fingerprint density at radius 3 is 2.19 bits per heavy atom. The number of carbonyl (C=O) groups excluding carboxylic acids is 2. The second kappa shape index (κ2) is 9.30. The van der Waals surface area contributed by atoms with Crippen LogP contribution in [-0.2, 0) is 15.0 Å². The molecule has 1 aliphatic heterocycles. The molecule has 3 aromatic rings. The number of hydrogen-bond donors (Lipinski definition) is 1. The molecule has 1 atom stereocenters. The normalized spacial score (nSPS) is 17.3. The van der Waals surface area contributed by atoms with Crippen molar-refractivity contribution < 1.29 is 24.4 Å². The molecule has 1 fully saturated rings. The van der Waals surface area contributed by atoms with Crippen LogP contribution in [0, 0.1) is 10.1 Å². The van der Waals surface area contributed by atoms with Gasteiger partial charge in [0, 0.05) is 29.4 Å². The minimum Gasteiger partial charge on any atom is -0.507 e. The smallest absolute Gasteiger partial charge is 0.300 e. The summed E-state index contributed by atoms with van der Waals surface area (Å²) in [5, 5.41) is 22.2. The molecule has 1 heterocycles. The fourth-order valence-corrected chi connectivity index (χ4v) is 4.24. The van der Waals surface area contributed by atoms with Gasteiger partial charge in [0.15, 0.2) is 0 Å². The number of hydrogen-bond acceptors (Lipinski definition) is 6. The molecule has 0 bridgehead atoms. The van der Waals surface area contributed by atoms with Crippen molar-refractivity contribution in [3.63, 3.8) is 0 Å². The first kappa shape index (κ1) is 24.7. The number of aliphatic hydroxyl groups excluding tert-OH is 1. The van der Waals surface area contributed by atoms with E-state index in [0.717, 1.165) is 5.56 Å². The Hall–Kier alpha value is -4.46. The fourth-order valence-electron chi connectivity index (χ4n) is 4.24. The van der Waals surface area contributed by atoms with E-state index in [9.17, 15) is 24.8 Å². The molecule has 0 aliphatic carbocycles. The summed E-state index contributed by atoms with van der Waals surface area (Å²) in [6, 6.07) is 18.6. The third kappa shape index (κ3) is 4.45. The van der Waals surface area contributed by atoms with Crippen LogP contribution in [0.5, 0.6) is 5.75 Å². The van der Waals surface area contributed by atoms with Crippen LogP contribution in [0.1, 0.15) is 43.5 Å². The van der Waals surface area contributed by atoms with Gasteiger partial charge in [-0.05, 0) is 40.8 Å². The lowest BCUT2D eigenvalue weighted by molar-refractivity contribution is -0.384. The Kier molecular flexibility index (Phi) is 6.37. The monoisotopic (exact) mass is 486 g/mol. The second-order valence-corrected chi connectivity index (χ2v) is 9.55. The summed E-state index contributed by atoms with van der Waals surface area (Å²) < 4.78 is 5.31. The van der Waals surface area contributed by atoms with Crippen molar-refractivity contribution in [1.29, 1.82) is 0 Å². The molecule has 1 unspecified atom stereocenters. The van der Waals surface area contributed by atoms with Crippen molar-refractivity contribution in [2.24, 2.45) is 0 Å². The zero-order valence-electron chi connectivity index (χ0n) is 20.4. The average molecular weight is 487 g/mol. The lowest BCUT2D eigenvalue weighted by atomic mass is 9.85. The lowest BCUT2D eigenvalue weighted by Gasteiger charge is -2.27. The molecule has 1 saturated heterocycles. The van der Waals surface area contributed by atoms with Gasteiger partial charge < -0.3 is 9.84 Å². The summed E-state index contributed by atoms with van der Waals surface area (Å²) in [4.78, 5) is 38.4. The van der Waals surface area contributed by atoms with E-state index in [1.807, 2.05) is 24.3 Å². The number of benzene rings is 3. The van der Waals surface area contributed by atoms with Crippen LogP contribution < -0.4 is 9.64 Å². The van der Waals surface area contributed by atoms with E-state index in [1.54, 1.807) is 24.3 Å². The van der Waals surface area contributed by atoms with E-state index in [-0.39, 0.29) is 22.2 Å². The van der Waals surface area contributed by atoms with E-state index < -0.39 is 28.4 Å². The summed E-state index contributed by atoms with van der Waals surface area (Å²) in [7, 11) is 1.50. The highest BCUT2D eigenvalue weighted by Gasteiger charge is 2.47. The number of nitrogens with zero attached hydrogens (tertiary/aromatic N) is 2. The van der Waals surface area contributed by atoms with E-state index in [2.05, 4.69) is 20.8 Å². The maximum atomic E-state index is 13.3. The number of methoxy groups -OCH3 is 1. The molecule has 0 radical (unpaired) electrons. The highest BCUT2D eigenvalue weighted by molar-refractivity contribution is 6.51. The summed E-state index contributed by atoms with van der Waals surface area (Å²) in [5.74, 6) is -1.54. The van der Waals surface area contributed by atoms with Crippen molar-refractivity contribution in [3.8, 4) is 5.75 Å². The number of aliphatic hydroxyl groups is 1. The van der Waals surface area contributed by atoms with Crippen molar-refractivity contribution in [1.82, 2.24) is 0 Å². The number of ketones is 1. The number of amides is 1. The van der Waals surface area contributed by atoms with E-state index in [0.29, 0.717) is 17.0 Å². The van der Waals surface area contributed by atoms with Crippen molar-refractivity contribution in [2.75, 3.05) is 12.0 Å². The molecule has 8 nitrogen and oxygen atoms in total. The minimum absolute atomic E-state index is 0.0971. The van der Waals surface area contributed by atoms with Gasteiger partial charge in [-0.25, -0.2) is 0 Å². The Morgan fingerprint density at radius 1 is 1.00 bits per heavy atom. The molecular weight excluding hydrogens is 460 g/mol. The predicted octanol–water partition coefficient (Wildman–Crippen LogP) is 5.53. The molecule has 1 amide bonds. The zero-order chi connectivity index (χ0) is 26.2.